The van der Waals surface area contributed by atoms with E-state index < -0.39 is 0 Å². The maximum atomic E-state index is 5.52. The van der Waals surface area contributed by atoms with Crippen molar-refractivity contribution in [2.45, 2.75) is 20.4 Å². The van der Waals surface area contributed by atoms with Crippen molar-refractivity contribution in [2.75, 3.05) is 5.32 Å². The van der Waals surface area contributed by atoms with Crippen LogP contribution in [0.15, 0.2) is 22.6 Å². The number of thiocarbonyl (C=S) groups is 1. The number of aromatic nitrogens is 2. The Hall–Kier alpha value is -1.95. The van der Waals surface area contributed by atoms with Gasteiger partial charge in [-0.3, -0.25) is 0 Å². The summed E-state index contributed by atoms with van der Waals surface area (Å²) in [4.78, 5) is 8.82. The first-order chi connectivity index (χ1) is 8.56. The van der Waals surface area contributed by atoms with Crippen LogP contribution in [0, 0.1) is 13.8 Å². The minimum atomic E-state index is 0.279. The van der Waals surface area contributed by atoms with Gasteiger partial charge in [0.1, 0.15) is 16.6 Å². The number of oxazole rings is 1. The van der Waals surface area contributed by atoms with Crippen molar-refractivity contribution in [1.29, 1.82) is 0 Å². The normalized spacial score (nSPS) is 10.3. The Bertz CT molecular complexity index is 560. The van der Waals surface area contributed by atoms with Crippen molar-refractivity contribution in [1.82, 2.24) is 9.97 Å². The van der Waals surface area contributed by atoms with E-state index in [-0.39, 0.29) is 4.99 Å². The molecule has 18 heavy (non-hydrogen) atoms. The molecule has 2 aromatic rings. The third-order valence-corrected chi connectivity index (χ3v) is 2.70. The number of nitrogens with one attached hydrogen (secondary N) is 1. The van der Waals surface area contributed by atoms with Crippen LogP contribution in [0.2, 0.25) is 0 Å². The molecule has 2 rings (SSSR count). The average molecular weight is 262 g/mol. The maximum Gasteiger partial charge on any atom is 0.213 e. The highest BCUT2D eigenvalue weighted by atomic mass is 32.1. The lowest BCUT2D eigenvalue weighted by atomic mass is 10.3. The van der Waals surface area contributed by atoms with Gasteiger partial charge in [-0.2, -0.15) is 0 Å². The molecule has 0 aliphatic rings. The number of aryl methyl sites for hydroxylation is 2. The lowest BCUT2D eigenvalue weighted by Gasteiger charge is -2.04. The summed E-state index contributed by atoms with van der Waals surface area (Å²) in [5, 5.41) is 3.11. The van der Waals surface area contributed by atoms with Gasteiger partial charge in [0.25, 0.3) is 0 Å². The molecule has 0 saturated heterocycles. The van der Waals surface area contributed by atoms with E-state index in [9.17, 15) is 0 Å². The smallest absolute Gasteiger partial charge is 0.213 e. The fraction of sp³-hybridized carbons (Fsp3) is 0.250. The van der Waals surface area contributed by atoms with E-state index in [1.54, 1.807) is 6.07 Å². The lowest BCUT2D eigenvalue weighted by Crippen LogP contribution is -2.12. The second-order valence-electron chi connectivity index (χ2n) is 3.88. The quantitative estimate of drug-likeness (QED) is 0.820. The summed E-state index contributed by atoms with van der Waals surface area (Å²) in [5.74, 6) is 2.15. The van der Waals surface area contributed by atoms with Crippen molar-refractivity contribution in [3.8, 4) is 0 Å². The van der Waals surface area contributed by atoms with Gasteiger partial charge in [-0.1, -0.05) is 18.3 Å². The summed E-state index contributed by atoms with van der Waals surface area (Å²) in [7, 11) is 0. The molecule has 2 heterocycles. The molecule has 0 atom stereocenters. The summed E-state index contributed by atoms with van der Waals surface area (Å²) >= 11 is 4.88. The Morgan fingerprint density at radius 1 is 1.39 bits per heavy atom. The number of rotatable bonds is 4. The third kappa shape index (κ3) is 2.84. The van der Waals surface area contributed by atoms with Crippen LogP contribution in [0.3, 0.4) is 0 Å². The van der Waals surface area contributed by atoms with Crippen molar-refractivity contribution >= 4 is 23.0 Å². The fourth-order valence-corrected chi connectivity index (χ4v) is 1.57. The Morgan fingerprint density at radius 2 is 2.17 bits per heavy atom. The molecule has 3 N–H and O–H groups in total. The van der Waals surface area contributed by atoms with Gasteiger partial charge >= 0.3 is 0 Å². The van der Waals surface area contributed by atoms with Gasteiger partial charge in [0.2, 0.25) is 5.89 Å². The van der Waals surface area contributed by atoms with E-state index >= 15 is 0 Å². The molecule has 0 saturated carbocycles. The highest BCUT2D eigenvalue weighted by molar-refractivity contribution is 7.80. The van der Waals surface area contributed by atoms with Crippen LogP contribution in [0.5, 0.6) is 0 Å². The van der Waals surface area contributed by atoms with E-state index in [0.29, 0.717) is 23.9 Å². The van der Waals surface area contributed by atoms with Gasteiger partial charge in [-0.15, -0.1) is 0 Å². The molecular weight excluding hydrogens is 248 g/mol. The lowest BCUT2D eigenvalue weighted by molar-refractivity contribution is 0.478. The topological polar surface area (TPSA) is 77.0 Å². The SMILES string of the molecule is Cc1nc(CNc2cccc(C(N)=S)n2)oc1C. The maximum absolute atomic E-state index is 5.52. The first kappa shape index (κ1) is 12.5. The van der Waals surface area contributed by atoms with Crippen LogP contribution in [-0.2, 0) is 6.54 Å². The van der Waals surface area contributed by atoms with Crippen LogP contribution in [-0.4, -0.2) is 15.0 Å². The predicted molar refractivity (Wildman–Crippen MR) is 73.4 cm³/mol. The number of nitrogens with two attached hydrogens (primary N) is 1. The van der Waals surface area contributed by atoms with E-state index in [1.165, 1.54) is 0 Å². The molecule has 0 aromatic carbocycles. The van der Waals surface area contributed by atoms with Crippen molar-refractivity contribution < 1.29 is 4.42 Å². The molecule has 0 amide bonds. The molecule has 0 bridgehead atoms. The standard InChI is InChI=1S/C12H14N4OS/c1-7-8(2)17-11(15-7)6-14-10-5-3-4-9(16-10)12(13)18/h3-5H,6H2,1-2H3,(H2,13,18)(H,14,16). The fourth-order valence-electron chi connectivity index (χ4n) is 1.45. The molecule has 0 spiro atoms. The monoisotopic (exact) mass is 262 g/mol. The summed E-state index contributed by atoms with van der Waals surface area (Å²) in [5.41, 5.74) is 7.02. The Morgan fingerprint density at radius 3 is 2.78 bits per heavy atom. The van der Waals surface area contributed by atoms with Crippen LogP contribution in [0.1, 0.15) is 23.0 Å². The van der Waals surface area contributed by atoms with Crippen molar-refractivity contribution in [3.63, 3.8) is 0 Å². The number of anilines is 1. The van der Waals surface area contributed by atoms with E-state index in [1.807, 2.05) is 26.0 Å². The van der Waals surface area contributed by atoms with Gasteiger partial charge in [0.15, 0.2) is 0 Å². The Labute approximate surface area is 110 Å². The number of pyridine rings is 1. The van der Waals surface area contributed by atoms with Gasteiger partial charge in [0, 0.05) is 0 Å². The van der Waals surface area contributed by atoms with E-state index in [4.69, 9.17) is 22.4 Å². The van der Waals surface area contributed by atoms with Gasteiger partial charge < -0.3 is 15.5 Å². The van der Waals surface area contributed by atoms with Gasteiger partial charge in [-0.25, -0.2) is 9.97 Å². The van der Waals surface area contributed by atoms with Gasteiger partial charge in [0.05, 0.1) is 17.9 Å². The largest absolute Gasteiger partial charge is 0.444 e. The molecule has 5 nitrogen and oxygen atoms in total. The molecule has 0 aliphatic heterocycles. The van der Waals surface area contributed by atoms with Crippen molar-refractivity contribution in [2.24, 2.45) is 5.73 Å². The molecule has 0 fully saturated rings. The zero-order valence-electron chi connectivity index (χ0n) is 10.2. The molecule has 2 aromatic heterocycles. The van der Waals surface area contributed by atoms with E-state index in [2.05, 4.69) is 15.3 Å². The summed E-state index contributed by atoms with van der Waals surface area (Å²) in [6.07, 6.45) is 0. The van der Waals surface area contributed by atoms with Crippen LogP contribution in [0.25, 0.3) is 0 Å². The molecule has 94 valence electrons. The molecule has 6 heteroatoms. The molecule has 0 aliphatic carbocycles. The summed E-state index contributed by atoms with van der Waals surface area (Å²) in [6, 6.07) is 5.45. The van der Waals surface area contributed by atoms with Gasteiger partial charge in [-0.05, 0) is 26.0 Å². The highest BCUT2D eigenvalue weighted by Gasteiger charge is 2.06. The predicted octanol–water partition coefficient (Wildman–Crippen LogP) is 1.93. The third-order valence-electron chi connectivity index (χ3n) is 2.50. The first-order valence-corrected chi connectivity index (χ1v) is 5.90. The average Bonchev–Trinajstić information content (AvgIpc) is 2.67. The minimum Gasteiger partial charge on any atom is -0.444 e. The second kappa shape index (κ2) is 5.14. The zero-order chi connectivity index (χ0) is 13.1. The second-order valence-corrected chi connectivity index (χ2v) is 4.31. The number of hydrogen-bond donors (Lipinski definition) is 2. The Balaban J connectivity index is 2.06. The minimum absolute atomic E-state index is 0.279. The van der Waals surface area contributed by atoms with Crippen LogP contribution in [0.4, 0.5) is 5.82 Å². The number of nitrogens with zero attached hydrogens (tertiary/aromatic N) is 2. The molecular formula is C12H14N4OS. The molecule has 0 radical (unpaired) electrons. The summed E-state index contributed by atoms with van der Waals surface area (Å²) < 4.78 is 5.46. The van der Waals surface area contributed by atoms with Crippen LogP contribution < -0.4 is 11.1 Å². The van der Waals surface area contributed by atoms with E-state index in [0.717, 1.165) is 11.5 Å². The highest BCUT2D eigenvalue weighted by Crippen LogP contribution is 2.11. The van der Waals surface area contributed by atoms with Crippen LogP contribution >= 0.6 is 12.2 Å². The van der Waals surface area contributed by atoms with Crippen molar-refractivity contribution in [3.05, 3.63) is 41.2 Å². The number of hydrogen-bond acceptors (Lipinski definition) is 5. The summed E-state index contributed by atoms with van der Waals surface area (Å²) in [6.45, 7) is 4.27. The zero-order valence-corrected chi connectivity index (χ0v) is 11.0. The Kier molecular flexibility index (Phi) is 3.57. The molecule has 0 unspecified atom stereocenters. The first-order valence-electron chi connectivity index (χ1n) is 5.50.